The minimum Gasteiger partial charge on any atom is -0.366 e. The first kappa shape index (κ1) is 19.6. The molecule has 3 aromatic heterocycles. The van der Waals surface area contributed by atoms with Crippen molar-refractivity contribution >= 4 is 39.3 Å². The van der Waals surface area contributed by atoms with Gasteiger partial charge in [-0.05, 0) is 23.8 Å². The molecule has 0 fully saturated rings. The van der Waals surface area contributed by atoms with E-state index in [9.17, 15) is 9.59 Å². The summed E-state index contributed by atoms with van der Waals surface area (Å²) in [4.78, 5) is 32.3. The molecule has 4 rings (SSSR count). The largest absolute Gasteiger partial charge is 0.366 e. The van der Waals surface area contributed by atoms with Crippen molar-refractivity contribution in [2.75, 3.05) is 11.2 Å². The number of thiazole rings is 1. The average Bonchev–Trinajstić information content (AvgIpc) is 3.32. The lowest BCUT2D eigenvalue weighted by atomic mass is 10.0. The Hall–Kier alpha value is -3.72. The van der Waals surface area contributed by atoms with Gasteiger partial charge in [0, 0.05) is 45.8 Å². The van der Waals surface area contributed by atoms with E-state index in [0.717, 1.165) is 22.1 Å². The van der Waals surface area contributed by atoms with Gasteiger partial charge in [0.2, 0.25) is 11.8 Å². The zero-order valence-electron chi connectivity index (χ0n) is 16.4. The van der Waals surface area contributed by atoms with Gasteiger partial charge in [0.05, 0.1) is 5.69 Å². The molecule has 5 N–H and O–H groups in total. The smallest absolute Gasteiger partial charge is 0.248 e. The Kier molecular flexibility index (Phi) is 4.96. The van der Waals surface area contributed by atoms with Crippen LogP contribution in [0.1, 0.15) is 24.2 Å². The van der Waals surface area contributed by atoms with Gasteiger partial charge in [-0.3, -0.25) is 14.3 Å². The molecule has 2 amide bonds. The molecule has 1 aromatic carbocycles. The normalized spacial score (nSPS) is 11.2. The molecule has 8 nitrogen and oxygen atoms in total. The van der Waals surface area contributed by atoms with Gasteiger partial charge >= 0.3 is 0 Å². The van der Waals surface area contributed by atoms with E-state index in [2.05, 4.69) is 15.3 Å². The molecule has 0 spiro atoms. The van der Waals surface area contributed by atoms with Crippen LogP contribution in [0.2, 0.25) is 0 Å². The van der Waals surface area contributed by atoms with E-state index in [0.29, 0.717) is 22.0 Å². The average molecular weight is 420 g/mol. The summed E-state index contributed by atoms with van der Waals surface area (Å²) < 4.78 is 1.45. The number of fused-ring (bicyclic) bond motifs is 1. The molecule has 9 heteroatoms. The van der Waals surface area contributed by atoms with Crippen LogP contribution in [0.4, 0.5) is 5.13 Å². The topological polar surface area (TPSA) is 129 Å². The van der Waals surface area contributed by atoms with Crippen LogP contribution in [0.3, 0.4) is 0 Å². The molecule has 0 aliphatic carbocycles. The lowest BCUT2D eigenvalue weighted by Crippen LogP contribution is -2.17. The van der Waals surface area contributed by atoms with Crippen molar-refractivity contribution in [1.29, 1.82) is 0 Å². The number of carbonyl (C=O) groups is 2. The molecule has 0 saturated heterocycles. The fraction of sp³-hybridized carbons (Fsp3) is 0.143. The van der Waals surface area contributed by atoms with Gasteiger partial charge in [-0.25, -0.2) is 9.97 Å². The lowest BCUT2D eigenvalue weighted by molar-refractivity contribution is -0.118. The predicted molar refractivity (Wildman–Crippen MR) is 118 cm³/mol. The van der Waals surface area contributed by atoms with Crippen molar-refractivity contribution in [2.45, 2.75) is 13.8 Å². The van der Waals surface area contributed by atoms with Crippen LogP contribution in [-0.2, 0) is 4.79 Å². The Labute approximate surface area is 176 Å². The molecule has 0 saturated carbocycles. The van der Waals surface area contributed by atoms with E-state index in [1.807, 2.05) is 37.4 Å². The van der Waals surface area contributed by atoms with Crippen molar-refractivity contribution in [1.82, 2.24) is 14.6 Å². The lowest BCUT2D eigenvalue weighted by Gasteiger charge is -2.04. The molecule has 0 aliphatic rings. The number of pyridine rings is 1. The van der Waals surface area contributed by atoms with E-state index in [1.54, 1.807) is 24.5 Å². The van der Waals surface area contributed by atoms with Crippen molar-refractivity contribution in [3.05, 3.63) is 53.7 Å². The Morgan fingerprint density at radius 2 is 1.90 bits per heavy atom. The number of nitrogens with zero attached hydrogens (tertiary/aromatic N) is 3. The molecule has 0 bridgehead atoms. The van der Waals surface area contributed by atoms with Gasteiger partial charge in [0.25, 0.3) is 0 Å². The fourth-order valence-corrected chi connectivity index (χ4v) is 3.74. The summed E-state index contributed by atoms with van der Waals surface area (Å²) in [5.41, 5.74) is 9.66. The predicted octanol–water partition coefficient (Wildman–Crippen LogP) is 3.23. The maximum Gasteiger partial charge on any atom is 0.248 e. The highest BCUT2D eigenvalue weighted by Crippen LogP contribution is 2.33. The highest BCUT2D eigenvalue weighted by molar-refractivity contribution is 7.14. The van der Waals surface area contributed by atoms with Gasteiger partial charge in [0.15, 0.2) is 10.8 Å². The minimum absolute atomic E-state index is 0.0829. The fourth-order valence-electron chi connectivity index (χ4n) is 3.02. The van der Waals surface area contributed by atoms with Crippen LogP contribution in [-0.4, -0.2) is 26.5 Å². The number of hydrogen-bond acceptors (Lipinski definition) is 6. The van der Waals surface area contributed by atoms with Crippen LogP contribution >= 0.6 is 11.3 Å². The quantitative estimate of drug-likeness (QED) is 0.427. The Balaban J connectivity index is 1.73. The van der Waals surface area contributed by atoms with Crippen LogP contribution in [0.25, 0.3) is 33.4 Å². The molecule has 152 valence electrons. The Bertz CT molecular complexity index is 1260. The molecule has 30 heavy (non-hydrogen) atoms. The van der Waals surface area contributed by atoms with Gasteiger partial charge in [0.1, 0.15) is 0 Å². The van der Waals surface area contributed by atoms with Gasteiger partial charge < -0.3 is 16.9 Å². The summed E-state index contributed by atoms with van der Waals surface area (Å²) >= 11 is 1.36. The van der Waals surface area contributed by atoms with Crippen LogP contribution in [0.5, 0.6) is 0 Å². The minimum atomic E-state index is -0.471. The first-order chi connectivity index (χ1) is 14.3. The van der Waals surface area contributed by atoms with E-state index < -0.39 is 5.91 Å². The van der Waals surface area contributed by atoms with Crippen LogP contribution < -0.4 is 16.9 Å². The van der Waals surface area contributed by atoms with E-state index in [1.165, 1.54) is 16.0 Å². The summed E-state index contributed by atoms with van der Waals surface area (Å²) in [6.07, 6.45) is 3.49. The van der Waals surface area contributed by atoms with Crippen molar-refractivity contribution in [2.24, 2.45) is 11.7 Å². The van der Waals surface area contributed by atoms with E-state index >= 15 is 0 Å². The number of nitrogen functional groups attached to an aromatic ring is 1. The second-order valence-electron chi connectivity index (χ2n) is 7.17. The summed E-state index contributed by atoms with van der Waals surface area (Å²) in [5, 5.41) is 6.06. The number of hydrogen-bond donors (Lipinski definition) is 3. The van der Waals surface area contributed by atoms with Gasteiger partial charge in [-0.15, -0.1) is 11.3 Å². The maximum absolute atomic E-state index is 11.9. The number of nitrogens with one attached hydrogen (secondary N) is 1. The van der Waals surface area contributed by atoms with Gasteiger partial charge in [-0.1, -0.05) is 26.0 Å². The Morgan fingerprint density at radius 3 is 2.57 bits per heavy atom. The molecule has 0 atom stereocenters. The maximum atomic E-state index is 11.9. The van der Waals surface area contributed by atoms with Crippen molar-refractivity contribution < 1.29 is 9.59 Å². The first-order valence-corrected chi connectivity index (χ1v) is 10.1. The number of nitrogens with two attached hydrogens (primary N) is 2. The second-order valence-corrected chi connectivity index (χ2v) is 8.03. The standard InChI is InChI=1S/C21H20N6O2S/c1-11(2)20(29)26-21-25-17(10-30-21)16-9-27(23)19-15(16)7-14(8-24-19)12-3-5-13(6-4-12)18(22)28/h3-11H,23H2,1-2H3,(H2,22,28)(H,25,26,29). The number of amides is 2. The zero-order chi connectivity index (χ0) is 21.4. The van der Waals surface area contributed by atoms with Crippen molar-refractivity contribution in [3.63, 3.8) is 0 Å². The summed E-state index contributed by atoms with van der Waals surface area (Å²) in [7, 11) is 0. The Morgan fingerprint density at radius 1 is 1.17 bits per heavy atom. The summed E-state index contributed by atoms with van der Waals surface area (Å²) in [6.45, 7) is 3.66. The monoisotopic (exact) mass is 420 g/mol. The molecular weight excluding hydrogens is 400 g/mol. The summed E-state index contributed by atoms with van der Waals surface area (Å²) in [5.74, 6) is 5.41. The molecule has 4 aromatic rings. The third kappa shape index (κ3) is 3.62. The van der Waals surface area contributed by atoms with Crippen LogP contribution in [0, 0.1) is 5.92 Å². The van der Waals surface area contributed by atoms with Crippen molar-refractivity contribution in [3.8, 4) is 22.4 Å². The van der Waals surface area contributed by atoms with E-state index in [4.69, 9.17) is 11.6 Å². The number of anilines is 1. The zero-order valence-corrected chi connectivity index (χ0v) is 17.2. The second kappa shape index (κ2) is 7.60. The highest BCUT2D eigenvalue weighted by atomic mass is 32.1. The number of carbonyl (C=O) groups excluding carboxylic acids is 2. The number of primary amides is 1. The molecular formula is C21H20N6O2S. The van der Waals surface area contributed by atoms with E-state index in [-0.39, 0.29) is 11.8 Å². The first-order valence-electron chi connectivity index (χ1n) is 9.26. The molecule has 0 unspecified atom stereocenters. The molecule has 3 heterocycles. The van der Waals surface area contributed by atoms with Gasteiger partial charge in [-0.2, -0.15) is 0 Å². The summed E-state index contributed by atoms with van der Waals surface area (Å²) in [6, 6.07) is 8.99. The number of benzene rings is 1. The molecule has 0 radical (unpaired) electrons. The van der Waals surface area contributed by atoms with Crippen LogP contribution in [0.15, 0.2) is 48.1 Å². The third-order valence-corrected chi connectivity index (χ3v) is 5.46. The number of aromatic nitrogens is 3. The number of rotatable bonds is 5. The highest BCUT2D eigenvalue weighted by Gasteiger charge is 2.16. The molecule has 0 aliphatic heterocycles. The third-order valence-electron chi connectivity index (χ3n) is 4.71. The SMILES string of the molecule is CC(C)C(=O)Nc1nc(-c2cn(N)c3ncc(-c4ccc(C(N)=O)cc4)cc23)cs1.